The second-order valence-corrected chi connectivity index (χ2v) is 14.0. The van der Waals surface area contributed by atoms with Crippen LogP contribution in [0.1, 0.15) is 22.3 Å². The Labute approximate surface area is 284 Å². The van der Waals surface area contributed by atoms with Gasteiger partial charge in [-0.15, -0.1) is 0 Å². The number of rotatable bonds is 7. The third-order valence-corrected chi connectivity index (χ3v) is 11.6. The van der Waals surface area contributed by atoms with Gasteiger partial charge in [0.05, 0.1) is 19.8 Å². The SMILES string of the molecule is COCCOCC[O][Al]1[n]2c3c4ccccc4c2N=C2N=C(N=c4c5ccccc5c([n]41)=NC1=NC(=N3)c3ccccc31)c1ccccc12. The van der Waals surface area contributed by atoms with Gasteiger partial charge in [-0.05, 0) is 0 Å². The van der Waals surface area contributed by atoms with Gasteiger partial charge in [0.25, 0.3) is 0 Å². The van der Waals surface area contributed by atoms with Crippen LogP contribution in [0.2, 0.25) is 0 Å². The van der Waals surface area contributed by atoms with E-state index in [1.54, 1.807) is 7.11 Å². The van der Waals surface area contributed by atoms with Crippen LogP contribution in [-0.2, 0) is 13.3 Å². The minimum absolute atomic E-state index is 0.330. The standard InChI is InChI=1S/C32H16N8.C5H11O3.Al/c1-2-10-18-17(9-1)25-33-26(18)38-28-21-13-5-6-14-22(21)30(35-28)40-32-24-16-8-7-15-23(24)31(36-32)39-29-20-12-4-3-11-19(20)27(34-29)37-25;1-7-4-5-8-3-2-6;/h1-16H;2-5H2,1H3;/q-2;-1;+3. The fourth-order valence-electron chi connectivity index (χ4n) is 6.99. The molecule has 0 N–H and O–H groups in total. The second-order valence-electron chi connectivity index (χ2n) is 12.0. The van der Waals surface area contributed by atoms with Gasteiger partial charge in [0.15, 0.2) is 23.3 Å². The summed E-state index contributed by atoms with van der Waals surface area (Å²) >= 11 is -2.89. The summed E-state index contributed by atoms with van der Waals surface area (Å²) < 4.78 is 22.5. The van der Waals surface area contributed by atoms with Crippen LogP contribution in [0.25, 0.3) is 21.5 Å². The van der Waals surface area contributed by atoms with Crippen molar-refractivity contribution < 1.29 is 13.3 Å². The molecule has 0 saturated heterocycles. The first-order valence-electron chi connectivity index (χ1n) is 16.2. The van der Waals surface area contributed by atoms with Crippen LogP contribution in [0, 0.1) is 0 Å². The van der Waals surface area contributed by atoms with Crippen molar-refractivity contribution in [2.24, 2.45) is 30.0 Å². The van der Waals surface area contributed by atoms with E-state index in [2.05, 4.69) is 55.6 Å². The zero-order valence-electron chi connectivity index (χ0n) is 26.4. The van der Waals surface area contributed by atoms with Crippen LogP contribution in [0.5, 0.6) is 0 Å². The molecule has 0 amide bonds. The molecule has 236 valence electrons. The predicted octanol–water partition coefficient (Wildman–Crippen LogP) is 4.60. The molecule has 11 nitrogen and oxygen atoms in total. The van der Waals surface area contributed by atoms with Gasteiger partial charge < -0.3 is 20.4 Å². The molecule has 4 aliphatic heterocycles. The average Bonchev–Trinajstić information content (AvgIpc) is 3.85. The lowest BCUT2D eigenvalue weighted by molar-refractivity contribution is 0.0531. The van der Waals surface area contributed by atoms with Gasteiger partial charge in [-0.3, -0.25) is 0 Å². The summed E-state index contributed by atoms with van der Waals surface area (Å²) in [7, 11) is 1.66. The van der Waals surface area contributed by atoms with E-state index in [4.69, 9.17) is 43.2 Å². The van der Waals surface area contributed by atoms with Crippen LogP contribution in [0.15, 0.2) is 127 Å². The summed E-state index contributed by atoms with van der Waals surface area (Å²) in [4.78, 5) is 31.5. The molecular formula is C37H27AlN8O3. The van der Waals surface area contributed by atoms with Crippen LogP contribution in [0.4, 0.5) is 11.6 Å². The summed E-state index contributed by atoms with van der Waals surface area (Å²) in [5.74, 6) is 3.83. The summed E-state index contributed by atoms with van der Waals surface area (Å²) in [5.41, 5.74) is 5.13. The fourth-order valence-corrected chi connectivity index (χ4v) is 9.45. The maximum absolute atomic E-state index is 7.06. The first-order chi connectivity index (χ1) is 24.3. The number of nitrogens with zero attached hydrogens (tertiary/aromatic N) is 8. The number of aliphatic imine (C=N–C) groups is 4. The van der Waals surface area contributed by atoms with Crippen molar-refractivity contribution in [2.75, 3.05) is 33.5 Å². The molecule has 0 saturated carbocycles. The van der Waals surface area contributed by atoms with E-state index < -0.39 is 14.9 Å². The third-order valence-electron chi connectivity index (χ3n) is 9.19. The molecule has 6 heterocycles. The molecule has 12 heteroatoms. The topological polar surface area (TPSA) is 112 Å². The maximum atomic E-state index is 7.06. The second kappa shape index (κ2) is 11.4. The lowest BCUT2D eigenvalue weighted by atomic mass is 10.1. The van der Waals surface area contributed by atoms with E-state index in [1.807, 2.05) is 48.5 Å². The van der Waals surface area contributed by atoms with Crippen molar-refractivity contribution in [2.45, 2.75) is 0 Å². The number of hydrogen-bond donors (Lipinski definition) is 0. The lowest BCUT2D eigenvalue weighted by Crippen LogP contribution is -2.49. The molecule has 6 bridgehead atoms. The molecule has 6 aromatic rings. The van der Waals surface area contributed by atoms with Crippen molar-refractivity contribution in [1.29, 1.82) is 0 Å². The largest absolute Gasteiger partial charge is 0.810 e. The molecule has 10 rings (SSSR count). The van der Waals surface area contributed by atoms with Crippen molar-refractivity contribution in [3.05, 3.63) is 130 Å². The quantitative estimate of drug-likeness (QED) is 0.185. The van der Waals surface area contributed by atoms with E-state index >= 15 is 0 Å². The summed E-state index contributed by atoms with van der Waals surface area (Å²) in [6.45, 7) is 1.70. The Morgan fingerprint density at radius 3 is 1.39 bits per heavy atom. The predicted molar refractivity (Wildman–Crippen MR) is 190 cm³/mol. The van der Waals surface area contributed by atoms with E-state index in [9.17, 15) is 0 Å². The molecule has 0 spiro atoms. The monoisotopic (exact) mass is 658 g/mol. The van der Waals surface area contributed by atoms with E-state index in [-0.39, 0.29) is 0 Å². The third kappa shape index (κ3) is 4.39. The highest BCUT2D eigenvalue weighted by molar-refractivity contribution is 6.51. The van der Waals surface area contributed by atoms with Gasteiger partial charge in [0.2, 0.25) is 0 Å². The van der Waals surface area contributed by atoms with Gasteiger partial charge in [-0.25, -0.2) is 30.0 Å². The van der Waals surface area contributed by atoms with E-state index in [0.29, 0.717) is 72.4 Å². The summed E-state index contributed by atoms with van der Waals surface area (Å²) in [6.07, 6.45) is 0. The Morgan fingerprint density at radius 1 is 0.469 bits per heavy atom. The maximum Gasteiger partial charge on any atom is 0.810 e. The highest BCUT2D eigenvalue weighted by Gasteiger charge is 2.42. The first-order valence-corrected chi connectivity index (χ1v) is 17.7. The van der Waals surface area contributed by atoms with Crippen molar-refractivity contribution in [3.63, 3.8) is 0 Å². The molecule has 0 atom stereocenters. The number of amidine groups is 4. The Kier molecular flexibility index (Phi) is 6.65. The first kappa shape index (κ1) is 28.6. The van der Waals surface area contributed by atoms with Gasteiger partial charge in [0.1, 0.15) is 22.6 Å². The highest BCUT2D eigenvalue weighted by atomic mass is 27.2. The zero-order valence-corrected chi connectivity index (χ0v) is 27.6. The van der Waals surface area contributed by atoms with E-state index in [1.165, 1.54) is 0 Å². The fraction of sp³-hybridized carbons (Fsp3) is 0.135. The summed E-state index contributed by atoms with van der Waals surface area (Å²) in [5, 5.41) is 3.77. The summed E-state index contributed by atoms with van der Waals surface area (Å²) in [6, 6.07) is 32.7. The van der Waals surface area contributed by atoms with Crippen molar-refractivity contribution in [1.82, 2.24) is 7.10 Å². The van der Waals surface area contributed by atoms with Crippen LogP contribution in [0.3, 0.4) is 0 Å². The van der Waals surface area contributed by atoms with Gasteiger partial charge >= 0.3 is 14.9 Å². The van der Waals surface area contributed by atoms with Gasteiger partial charge in [-0.1, -0.05) is 97.1 Å². The lowest BCUT2D eigenvalue weighted by Gasteiger charge is -2.19. The molecule has 0 fully saturated rings. The number of aromatic nitrogens is 2. The normalized spacial score (nSPS) is 15.2. The Morgan fingerprint density at radius 2 is 0.898 bits per heavy atom. The van der Waals surface area contributed by atoms with Crippen LogP contribution in [-0.4, -0.2) is 78.9 Å². The van der Waals surface area contributed by atoms with Crippen molar-refractivity contribution in [3.8, 4) is 0 Å². The molecule has 4 aliphatic rings. The molecule has 0 aliphatic carbocycles. The smallest absolute Gasteiger partial charge is 0.463 e. The Balaban J connectivity index is 1.38. The minimum Gasteiger partial charge on any atom is -0.463 e. The zero-order chi connectivity index (χ0) is 32.5. The molecule has 4 aromatic carbocycles. The number of hydrogen-bond acceptors (Lipinski definition) is 9. The number of methoxy groups -OCH3 is 1. The molecule has 0 unspecified atom stereocenters. The Hall–Kier alpha value is -5.35. The minimum atomic E-state index is -2.89. The molecule has 0 radical (unpaired) electrons. The molecular weight excluding hydrogens is 631 g/mol. The van der Waals surface area contributed by atoms with Crippen LogP contribution >= 0.6 is 0 Å². The Bertz CT molecular complexity index is 2470. The van der Waals surface area contributed by atoms with Gasteiger partial charge in [-0.2, -0.15) is 0 Å². The van der Waals surface area contributed by atoms with Crippen molar-refractivity contribution >= 4 is 71.4 Å². The molecule has 49 heavy (non-hydrogen) atoms. The number of ether oxygens (including phenoxy) is 2. The highest BCUT2D eigenvalue weighted by Crippen LogP contribution is 2.41. The van der Waals surface area contributed by atoms with Crippen LogP contribution < -0.4 is 11.0 Å². The number of benzene rings is 4. The van der Waals surface area contributed by atoms with Gasteiger partial charge in [0, 0.05) is 57.5 Å². The molecule has 2 aromatic heterocycles. The van der Waals surface area contributed by atoms with E-state index in [0.717, 1.165) is 43.8 Å². The average molecular weight is 659 g/mol. The number of fused-ring (bicyclic) bond motifs is 14.